The highest BCUT2D eigenvalue weighted by molar-refractivity contribution is 5.67. The molecule has 1 aromatic rings. The maximum Gasteiger partial charge on any atom is 0.231 e. The SMILES string of the molecule is CC(C)(C)c1cc(NC=O)on1. The van der Waals surface area contributed by atoms with Crippen LogP contribution >= 0.6 is 0 Å². The van der Waals surface area contributed by atoms with Gasteiger partial charge in [0, 0.05) is 11.5 Å². The van der Waals surface area contributed by atoms with Crippen LogP contribution in [0.5, 0.6) is 0 Å². The number of hydrogen-bond donors (Lipinski definition) is 1. The van der Waals surface area contributed by atoms with Gasteiger partial charge in [-0.25, -0.2) is 0 Å². The van der Waals surface area contributed by atoms with Crippen molar-refractivity contribution in [2.75, 3.05) is 5.32 Å². The normalized spacial score (nSPS) is 11.2. The molecular formula is C8H12N2O2. The van der Waals surface area contributed by atoms with Gasteiger partial charge >= 0.3 is 0 Å². The minimum Gasteiger partial charge on any atom is -0.338 e. The predicted octanol–water partition coefficient (Wildman–Crippen LogP) is 1.54. The summed E-state index contributed by atoms with van der Waals surface area (Å²) in [5, 5.41) is 6.20. The van der Waals surface area contributed by atoms with E-state index in [4.69, 9.17) is 4.52 Å². The Morgan fingerprint density at radius 1 is 1.58 bits per heavy atom. The van der Waals surface area contributed by atoms with Crippen molar-refractivity contribution in [1.82, 2.24) is 5.16 Å². The Morgan fingerprint density at radius 3 is 2.67 bits per heavy atom. The van der Waals surface area contributed by atoms with Gasteiger partial charge in [-0.15, -0.1) is 0 Å². The molecule has 4 nitrogen and oxygen atoms in total. The predicted molar refractivity (Wildman–Crippen MR) is 44.9 cm³/mol. The number of nitrogens with one attached hydrogen (secondary N) is 1. The molecule has 0 spiro atoms. The molecule has 4 heteroatoms. The van der Waals surface area contributed by atoms with Crippen LogP contribution in [0.3, 0.4) is 0 Å². The van der Waals surface area contributed by atoms with Gasteiger partial charge in [-0.05, 0) is 0 Å². The van der Waals surface area contributed by atoms with Crippen LogP contribution in [0.25, 0.3) is 0 Å². The molecule has 0 unspecified atom stereocenters. The van der Waals surface area contributed by atoms with Crippen LogP contribution in [0.4, 0.5) is 5.88 Å². The fourth-order valence-electron chi connectivity index (χ4n) is 0.755. The second kappa shape index (κ2) is 2.97. The number of aromatic nitrogens is 1. The van der Waals surface area contributed by atoms with E-state index in [9.17, 15) is 4.79 Å². The quantitative estimate of drug-likeness (QED) is 0.681. The third kappa shape index (κ3) is 1.84. The molecule has 0 saturated heterocycles. The second-order valence-corrected chi connectivity index (χ2v) is 3.59. The number of anilines is 1. The van der Waals surface area contributed by atoms with E-state index >= 15 is 0 Å². The Morgan fingerprint density at radius 2 is 2.25 bits per heavy atom. The monoisotopic (exact) mass is 168 g/mol. The second-order valence-electron chi connectivity index (χ2n) is 3.59. The van der Waals surface area contributed by atoms with Gasteiger partial charge in [-0.1, -0.05) is 25.9 Å². The highest BCUT2D eigenvalue weighted by atomic mass is 16.5. The standard InChI is InChI=1S/C8H12N2O2/c1-8(2,3)6-4-7(9-5-11)12-10-6/h4-5H,1-3H3,(H,9,11). The van der Waals surface area contributed by atoms with Crippen LogP contribution in [-0.4, -0.2) is 11.6 Å². The van der Waals surface area contributed by atoms with Crippen LogP contribution < -0.4 is 5.32 Å². The highest BCUT2D eigenvalue weighted by Crippen LogP contribution is 2.23. The molecular weight excluding hydrogens is 156 g/mol. The third-order valence-electron chi connectivity index (χ3n) is 1.48. The van der Waals surface area contributed by atoms with Crippen molar-refractivity contribution in [3.8, 4) is 0 Å². The lowest BCUT2D eigenvalue weighted by molar-refractivity contribution is -0.105. The van der Waals surface area contributed by atoms with Crippen molar-refractivity contribution in [1.29, 1.82) is 0 Å². The van der Waals surface area contributed by atoms with Gasteiger partial charge in [0.2, 0.25) is 12.3 Å². The van der Waals surface area contributed by atoms with E-state index in [0.717, 1.165) is 5.69 Å². The van der Waals surface area contributed by atoms with Crippen LogP contribution in [-0.2, 0) is 10.2 Å². The summed E-state index contributed by atoms with van der Waals surface area (Å²) >= 11 is 0. The first kappa shape index (κ1) is 8.77. The van der Waals surface area contributed by atoms with Crippen molar-refractivity contribution in [2.24, 2.45) is 0 Å². The molecule has 0 aliphatic rings. The minimum atomic E-state index is -0.0493. The summed E-state index contributed by atoms with van der Waals surface area (Å²) < 4.78 is 4.84. The summed E-state index contributed by atoms with van der Waals surface area (Å²) in [5.74, 6) is 0.384. The van der Waals surface area contributed by atoms with Crippen LogP contribution in [0.15, 0.2) is 10.6 Å². The van der Waals surface area contributed by atoms with E-state index in [1.807, 2.05) is 20.8 Å². The topological polar surface area (TPSA) is 55.1 Å². The van der Waals surface area contributed by atoms with Gasteiger partial charge in [0.25, 0.3) is 0 Å². The lowest BCUT2D eigenvalue weighted by Crippen LogP contribution is -2.10. The van der Waals surface area contributed by atoms with Crippen molar-refractivity contribution in [3.05, 3.63) is 11.8 Å². The molecule has 12 heavy (non-hydrogen) atoms. The van der Waals surface area contributed by atoms with Crippen molar-refractivity contribution in [3.63, 3.8) is 0 Å². The molecule has 66 valence electrons. The lowest BCUT2D eigenvalue weighted by Gasteiger charge is -2.12. The van der Waals surface area contributed by atoms with Crippen LogP contribution in [0.2, 0.25) is 0 Å². The summed E-state index contributed by atoms with van der Waals surface area (Å²) in [7, 11) is 0. The number of nitrogens with zero attached hydrogens (tertiary/aromatic N) is 1. The van der Waals surface area contributed by atoms with Crippen LogP contribution in [0.1, 0.15) is 26.5 Å². The maximum atomic E-state index is 10.0. The molecule has 0 radical (unpaired) electrons. The molecule has 0 bridgehead atoms. The molecule has 0 saturated carbocycles. The number of hydrogen-bond acceptors (Lipinski definition) is 3. The maximum absolute atomic E-state index is 10.0. The molecule has 0 aliphatic heterocycles. The molecule has 1 N–H and O–H groups in total. The summed E-state index contributed by atoms with van der Waals surface area (Å²) in [4.78, 5) is 10.0. The molecule has 0 aromatic carbocycles. The van der Waals surface area contributed by atoms with Gasteiger partial charge in [0.05, 0.1) is 5.69 Å². The Bertz CT molecular complexity index is 273. The summed E-state index contributed by atoms with van der Waals surface area (Å²) in [6.45, 7) is 6.07. The van der Waals surface area contributed by atoms with Gasteiger partial charge in [0.1, 0.15) is 0 Å². The first-order valence-electron chi connectivity index (χ1n) is 3.71. The molecule has 1 amide bonds. The van der Waals surface area contributed by atoms with Crippen molar-refractivity contribution in [2.45, 2.75) is 26.2 Å². The van der Waals surface area contributed by atoms with E-state index in [1.165, 1.54) is 0 Å². The average molecular weight is 168 g/mol. The lowest BCUT2D eigenvalue weighted by atomic mass is 9.92. The third-order valence-corrected chi connectivity index (χ3v) is 1.48. The minimum absolute atomic E-state index is 0.0493. The van der Waals surface area contributed by atoms with Gasteiger partial charge in [-0.3, -0.25) is 10.1 Å². The molecule has 0 fully saturated rings. The van der Waals surface area contributed by atoms with E-state index in [1.54, 1.807) is 6.07 Å². The average Bonchev–Trinajstić information content (AvgIpc) is 2.35. The van der Waals surface area contributed by atoms with Gasteiger partial charge in [0.15, 0.2) is 0 Å². The van der Waals surface area contributed by atoms with Crippen LogP contribution in [0, 0.1) is 0 Å². The number of carbonyl (C=O) groups is 1. The smallest absolute Gasteiger partial charge is 0.231 e. The van der Waals surface area contributed by atoms with E-state index in [-0.39, 0.29) is 5.41 Å². The summed E-state index contributed by atoms with van der Waals surface area (Å²) in [5.41, 5.74) is 0.776. The number of carbonyl (C=O) groups excluding carboxylic acids is 1. The molecule has 0 atom stereocenters. The Kier molecular flexibility index (Phi) is 2.17. The fourth-order valence-corrected chi connectivity index (χ4v) is 0.755. The first-order chi connectivity index (χ1) is 5.54. The first-order valence-corrected chi connectivity index (χ1v) is 3.71. The van der Waals surface area contributed by atoms with E-state index < -0.39 is 0 Å². The largest absolute Gasteiger partial charge is 0.338 e. The Labute approximate surface area is 70.9 Å². The zero-order valence-corrected chi connectivity index (χ0v) is 7.42. The van der Waals surface area contributed by atoms with Crippen molar-refractivity contribution < 1.29 is 9.32 Å². The zero-order valence-electron chi connectivity index (χ0n) is 7.42. The van der Waals surface area contributed by atoms with Gasteiger partial charge in [-0.2, -0.15) is 0 Å². The molecule has 1 aromatic heterocycles. The number of amides is 1. The Balaban J connectivity index is 2.84. The molecule has 1 rings (SSSR count). The van der Waals surface area contributed by atoms with E-state index in [2.05, 4.69) is 10.5 Å². The van der Waals surface area contributed by atoms with Crippen molar-refractivity contribution >= 4 is 12.3 Å². The zero-order chi connectivity index (χ0) is 9.19. The highest BCUT2D eigenvalue weighted by Gasteiger charge is 2.18. The van der Waals surface area contributed by atoms with Gasteiger partial charge < -0.3 is 4.52 Å². The fraction of sp³-hybridized carbons (Fsp3) is 0.500. The van der Waals surface area contributed by atoms with E-state index in [0.29, 0.717) is 12.3 Å². The molecule has 1 heterocycles. The summed E-state index contributed by atoms with van der Waals surface area (Å²) in [6.07, 6.45) is 0.562. The Hall–Kier alpha value is -1.32. The number of rotatable bonds is 2. The summed E-state index contributed by atoms with van der Waals surface area (Å²) in [6, 6.07) is 1.72. The molecule has 0 aliphatic carbocycles.